The largest absolute Gasteiger partial charge is 0.382 e. The average molecular weight is 383 g/mol. The van der Waals surface area contributed by atoms with Crippen LogP contribution in [0.3, 0.4) is 0 Å². The summed E-state index contributed by atoms with van der Waals surface area (Å²) in [6.45, 7) is 5.91. The number of carbonyl (C=O) groups excluding carboxylic acids is 1. The SMILES string of the molecule is CCOCc1nc2c(N)nc3ccccc3c2n1CCC(=O)N1CCOCC1. The van der Waals surface area contributed by atoms with Crippen molar-refractivity contribution in [3.63, 3.8) is 0 Å². The van der Waals surface area contributed by atoms with Gasteiger partial charge in [-0.25, -0.2) is 9.97 Å². The molecule has 2 aromatic heterocycles. The highest BCUT2D eigenvalue weighted by Gasteiger charge is 2.20. The number of aromatic nitrogens is 3. The molecule has 0 atom stereocenters. The van der Waals surface area contributed by atoms with Crippen LogP contribution in [0.1, 0.15) is 19.2 Å². The van der Waals surface area contributed by atoms with E-state index >= 15 is 0 Å². The van der Waals surface area contributed by atoms with Crippen LogP contribution in [0.5, 0.6) is 0 Å². The third-order valence-corrected chi connectivity index (χ3v) is 5.04. The number of aryl methyl sites for hydroxylation is 1. The predicted molar refractivity (Wildman–Crippen MR) is 107 cm³/mol. The number of amides is 1. The number of nitrogen functional groups attached to an aromatic ring is 1. The van der Waals surface area contributed by atoms with Crippen LogP contribution < -0.4 is 5.73 Å². The normalized spacial score (nSPS) is 14.8. The maximum Gasteiger partial charge on any atom is 0.224 e. The van der Waals surface area contributed by atoms with Crippen molar-refractivity contribution in [1.82, 2.24) is 19.4 Å². The molecule has 0 bridgehead atoms. The number of nitrogens with zero attached hydrogens (tertiary/aromatic N) is 4. The molecule has 1 amide bonds. The molecule has 2 N–H and O–H groups in total. The van der Waals surface area contributed by atoms with E-state index in [2.05, 4.69) is 9.55 Å². The second kappa shape index (κ2) is 8.12. The molecule has 3 aromatic rings. The van der Waals surface area contributed by atoms with Crippen LogP contribution in [0, 0.1) is 0 Å². The van der Waals surface area contributed by atoms with Gasteiger partial charge in [0.2, 0.25) is 5.91 Å². The van der Waals surface area contributed by atoms with Crippen LogP contribution in [-0.2, 0) is 27.4 Å². The standard InChI is InChI=1S/C20H25N5O3/c1-2-27-13-16-23-18-19(14-5-3-4-6-15(14)22-20(18)21)25(16)8-7-17(26)24-9-11-28-12-10-24/h3-6H,2,7-13H2,1H3,(H2,21,22). The number of anilines is 1. The quantitative estimate of drug-likeness (QED) is 0.699. The van der Waals surface area contributed by atoms with Crippen molar-refractivity contribution >= 4 is 33.7 Å². The maximum absolute atomic E-state index is 12.7. The topological polar surface area (TPSA) is 95.5 Å². The average Bonchev–Trinajstić information content (AvgIpc) is 3.10. The molecular weight excluding hydrogens is 358 g/mol. The molecule has 0 unspecified atom stereocenters. The Morgan fingerprint density at radius 3 is 2.82 bits per heavy atom. The second-order valence-corrected chi connectivity index (χ2v) is 6.77. The van der Waals surface area contributed by atoms with Crippen LogP contribution in [0.2, 0.25) is 0 Å². The summed E-state index contributed by atoms with van der Waals surface area (Å²) in [6, 6.07) is 7.85. The number of benzene rings is 1. The summed E-state index contributed by atoms with van der Waals surface area (Å²) >= 11 is 0. The zero-order chi connectivity index (χ0) is 19.5. The zero-order valence-corrected chi connectivity index (χ0v) is 16.1. The molecule has 0 aliphatic carbocycles. The Labute approximate surface area is 163 Å². The third kappa shape index (κ3) is 3.53. The fourth-order valence-electron chi connectivity index (χ4n) is 3.63. The second-order valence-electron chi connectivity index (χ2n) is 6.77. The highest BCUT2D eigenvalue weighted by atomic mass is 16.5. The van der Waals surface area contributed by atoms with E-state index in [-0.39, 0.29) is 5.91 Å². The molecule has 1 aliphatic rings. The van der Waals surface area contributed by atoms with E-state index in [1.165, 1.54) is 0 Å². The third-order valence-electron chi connectivity index (χ3n) is 5.04. The van der Waals surface area contributed by atoms with Crippen LogP contribution in [0.4, 0.5) is 5.82 Å². The van der Waals surface area contributed by atoms with Gasteiger partial charge in [-0.1, -0.05) is 18.2 Å². The summed E-state index contributed by atoms with van der Waals surface area (Å²) in [4.78, 5) is 23.7. The highest BCUT2D eigenvalue weighted by Crippen LogP contribution is 2.29. The highest BCUT2D eigenvalue weighted by molar-refractivity contribution is 6.06. The Bertz CT molecular complexity index is 994. The number of hydrogen-bond donors (Lipinski definition) is 1. The zero-order valence-electron chi connectivity index (χ0n) is 16.1. The number of pyridine rings is 1. The van der Waals surface area contributed by atoms with Gasteiger partial charge in [0.15, 0.2) is 5.82 Å². The molecular formula is C20H25N5O3. The van der Waals surface area contributed by atoms with Crippen molar-refractivity contribution in [2.24, 2.45) is 0 Å². The van der Waals surface area contributed by atoms with Crippen molar-refractivity contribution in [2.75, 3.05) is 38.6 Å². The van der Waals surface area contributed by atoms with Crippen molar-refractivity contribution in [3.8, 4) is 0 Å². The van der Waals surface area contributed by atoms with Crippen LogP contribution >= 0.6 is 0 Å². The molecule has 8 heteroatoms. The number of fused-ring (bicyclic) bond motifs is 3. The number of rotatable bonds is 6. The van der Waals surface area contributed by atoms with Gasteiger partial charge in [-0.2, -0.15) is 0 Å². The smallest absolute Gasteiger partial charge is 0.224 e. The van der Waals surface area contributed by atoms with Gasteiger partial charge in [0.25, 0.3) is 0 Å². The number of ether oxygens (including phenoxy) is 2. The predicted octanol–water partition coefficient (Wildman–Crippen LogP) is 1.95. The first-order chi connectivity index (χ1) is 13.7. The first kappa shape index (κ1) is 18.6. The Balaban J connectivity index is 1.72. The Kier molecular flexibility index (Phi) is 5.40. The number of imidazole rings is 1. The van der Waals surface area contributed by atoms with Gasteiger partial charge in [-0.3, -0.25) is 4.79 Å². The lowest BCUT2D eigenvalue weighted by Gasteiger charge is -2.27. The van der Waals surface area contributed by atoms with Gasteiger partial charge in [0.05, 0.1) is 24.2 Å². The summed E-state index contributed by atoms with van der Waals surface area (Å²) in [5.41, 5.74) is 8.57. The van der Waals surface area contributed by atoms with E-state index < -0.39 is 0 Å². The van der Waals surface area contributed by atoms with Crippen molar-refractivity contribution < 1.29 is 14.3 Å². The van der Waals surface area contributed by atoms with Crippen LogP contribution in [-0.4, -0.2) is 58.3 Å². The van der Waals surface area contributed by atoms with E-state index in [4.69, 9.17) is 20.2 Å². The molecule has 4 rings (SSSR count). The fraction of sp³-hybridized carbons (Fsp3) is 0.450. The van der Waals surface area contributed by atoms with Gasteiger partial charge in [0.1, 0.15) is 17.9 Å². The summed E-state index contributed by atoms with van der Waals surface area (Å²) in [5, 5.41) is 0.973. The van der Waals surface area contributed by atoms with E-state index in [9.17, 15) is 4.79 Å². The number of para-hydroxylation sites is 1. The molecule has 0 spiro atoms. The summed E-state index contributed by atoms with van der Waals surface area (Å²) < 4.78 is 13.0. The number of carbonyl (C=O) groups is 1. The van der Waals surface area contributed by atoms with Crippen LogP contribution in [0.15, 0.2) is 24.3 Å². The van der Waals surface area contributed by atoms with E-state index in [0.29, 0.717) is 63.8 Å². The molecule has 3 heterocycles. The van der Waals surface area contributed by atoms with Gasteiger partial charge in [-0.15, -0.1) is 0 Å². The molecule has 1 fully saturated rings. The first-order valence-electron chi connectivity index (χ1n) is 9.65. The van der Waals surface area contributed by atoms with E-state index in [1.807, 2.05) is 36.1 Å². The minimum Gasteiger partial charge on any atom is -0.382 e. The first-order valence-corrected chi connectivity index (χ1v) is 9.65. The summed E-state index contributed by atoms with van der Waals surface area (Å²) in [6.07, 6.45) is 0.390. The molecule has 0 saturated carbocycles. The monoisotopic (exact) mass is 383 g/mol. The van der Waals surface area contributed by atoms with Gasteiger partial charge in [-0.05, 0) is 13.0 Å². The molecule has 0 radical (unpaired) electrons. The Morgan fingerprint density at radius 2 is 2.04 bits per heavy atom. The van der Waals surface area contributed by atoms with Gasteiger partial charge in [0, 0.05) is 38.0 Å². The van der Waals surface area contributed by atoms with Gasteiger partial charge < -0.3 is 24.7 Å². The van der Waals surface area contributed by atoms with E-state index in [0.717, 1.165) is 22.2 Å². The number of nitrogens with two attached hydrogens (primary N) is 1. The summed E-state index contributed by atoms with van der Waals surface area (Å²) in [7, 11) is 0. The van der Waals surface area contributed by atoms with E-state index in [1.54, 1.807) is 0 Å². The summed E-state index contributed by atoms with van der Waals surface area (Å²) in [5.74, 6) is 1.28. The van der Waals surface area contributed by atoms with Crippen molar-refractivity contribution in [2.45, 2.75) is 26.5 Å². The Hall–Kier alpha value is -2.71. The number of morpholine rings is 1. The minimum absolute atomic E-state index is 0.124. The van der Waals surface area contributed by atoms with Crippen molar-refractivity contribution in [1.29, 1.82) is 0 Å². The molecule has 1 aromatic carbocycles. The minimum atomic E-state index is 0.124. The Morgan fingerprint density at radius 1 is 1.25 bits per heavy atom. The molecule has 1 saturated heterocycles. The van der Waals surface area contributed by atoms with Crippen molar-refractivity contribution in [3.05, 3.63) is 30.1 Å². The lowest BCUT2D eigenvalue weighted by Crippen LogP contribution is -2.41. The molecule has 28 heavy (non-hydrogen) atoms. The fourth-order valence-corrected chi connectivity index (χ4v) is 3.63. The molecule has 148 valence electrons. The lowest BCUT2D eigenvalue weighted by atomic mass is 10.2. The maximum atomic E-state index is 12.7. The van der Waals surface area contributed by atoms with Crippen LogP contribution in [0.25, 0.3) is 21.9 Å². The number of hydrogen-bond acceptors (Lipinski definition) is 6. The molecule has 8 nitrogen and oxygen atoms in total. The van der Waals surface area contributed by atoms with Gasteiger partial charge >= 0.3 is 0 Å². The lowest BCUT2D eigenvalue weighted by molar-refractivity contribution is -0.135. The molecule has 1 aliphatic heterocycles.